The van der Waals surface area contributed by atoms with Gasteiger partial charge in [0.1, 0.15) is 11.9 Å². The molecule has 2 atom stereocenters. The van der Waals surface area contributed by atoms with Gasteiger partial charge in [-0.2, -0.15) is 0 Å². The van der Waals surface area contributed by atoms with Crippen LogP contribution in [0.25, 0.3) is 0 Å². The number of amides is 1. The minimum atomic E-state index is -0.256. The molecule has 1 amide bonds. The highest BCUT2D eigenvalue weighted by Crippen LogP contribution is 2.25. The number of hydrogen-bond acceptors (Lipinski definition) is 3. The minimum absolute atomic E-state index is 0.0143. The van der Waals surface area contributed by atoms with E-state index in [1.165, 1.54) is 19.1 Å². The number of morpholine rings is 1. The van der Waals surface area contributed by atoms with Crippen molar-refractivity contribution in [2.75, 3.05) is 25.5 Å². The van der Waals surface area contributed by atoms with Crippen LogP contribution < -0.4 is 10.6 Å². The van der Waals surface area contributed by atoms with Gasteiger partial charge in [0.05, 0.1) is 12.6 Å². The van der Waals surface area contributed by atoms with Crippen LogP contribution in [0.1, 0.15) is 31.1 Å². The molecule has 0 spiro atoms. The van der Waals surface area contributed by atoms with Crippen molar-refractivity contribution >= 4 is 17.6 Å². The first-order valence-electron chi connectivity index (χ1n) is 9.67. The molecule has 1 fully saturated rings. The number of benzene rings is 2. The number of nitrogens with zero attached hydrogens (tertiary/aromatic N) is 2. The Labute approximate surface area is 170 Å². The summed E-state index contributed by atoms with van der Waals surface area (Å²) in [4.78, 5) is 17.8. The van der Waals surface area contributed by atoms with Gasteiger partial charge in [0.15, 0.2) is 5.96 Å². The van der Waals surface area contributed by atoms with Crippen molar-refractivity contribution in [1.29, 1.82) is 0 Å². The largest absolute Gasteiger partial charge is 0.367 e. The van der Waals surface area contributed by atoms with Crippen LogP contribution in [0.3, 0.4) is 0 Å². The fourth-order valence-corrected chi connectivity index (χ4v) is 3.46. The molecule has 7 heteroatoms. The molecule has 0 aliphatic carbocycles. The number of carbonyl (C=O) groups is 1. The summed E-state index contributed by atoms with van der Waals surface area (Å²) >= 11 is 0. The summed E-state index contributed by atoms with van der Waals surface area (Å²) in [5.41, 5.74) is 2.75. The Morgan fingerprint density at radius 1 is 1.24 bits per heavy atom. The highest BCUT2D eigenvalue weighted by atomic mass is 19.1. The van der Waals surface area contributed by atoms with Gasteiger partial charge in [0.2, 0.25) is 5.91 Å². The zero-order valence-corrected chi connectivity index (χ0v) is 17.0. The average molecular weight is 398 g/mol. The van der Waals surface area contributed by atoms with E-state index in [2.05, 4.69) is 20.5 Å². The van der Waals surface area contributed by atoms with Gasteiger partial charge < -0.3 is 20.3 Å². The lowest BCUT2D eigenvalue weighted by Crippen LogP contribution is -2.50. The number of rotatable bonds is 4. The van der Waals surface area contributed by atoms with Crippen molar-refractivity contribution in [3.05, 3.63) is 65.5 Å². The Hall–Kier alpha value is -2.93. The third kappa shape index (κ3) is 5.77. The van der Waals surface area contributed by atoms with Crippen LogP contribution in [0.15, 0.2) is 53.5 Å². The van der Waals surface area contributed by atoms with E-state index in [0.717, 1.165) is 22.8 Å². The molecule has 0 aromatic heterocycles. The molecule has 0 bridgehead atoms. The standard InChI is InChI=1S/C22H27FN4O2/c1-15-13-27(14-21(29-15)18-7-9-19(23)10-8-18)22(24-3)25-12-17-5-4-6-20(11-17)26-16(2)28/h4-11,15,21H,12-14H2,1-3H3,(H,24,25)(H,26,28). The van der Waals surface area contributed by atoms with Crippen LogP contribution in [0.4, 0.5) is 10.1 Å². The lowest BCUT2D eigenvalue weighted by molar-refractivity contribution is -0.114. The van der Waals surface area contributed by atoms with Crippen LogP contribution in [0.2, 0.25) is 0 Å². The van der Waals surface area contributed by atoms with Gasteiger partial charge in [-0.05, 0) is 42.3 Å². The maximum absolute atomic E-state index is 13.2. The molecule has 2 aromatic carbocycles. The van der Waals surface area contributed by atoms with Gasteiger partial charge >= 0.3 is 0 Å². The fraction of sp³-hybridized carbons (Fsp3) is 0.364. The number of nitrogens with one attached hydrogen (secondary N) is 2. The van der Waals surface area contributed by atoms with E-state index in [-0.39, 0.29) is 23.9 Å². The molecule has 2 aromatic rings. The monoisotopic (exact) mass is 398 g/mol. The third-order valence-corrected chi connectivity index (χ3v) is 4.71. The Bertz CT molecular complexity index is 869. The van der Waals surface area contributed by atoms with E-state index in [1.54, 1.807) is 19.2 Å². The zero-order chi connectivity index (χ0) is 20.8. The molecule has 1 aliphatic heterocycles. The van der Waals surface area contributed by atoms with Crippen LogP contribution in [0.5, 0.6) is 0 Å². The molecular weight excluding hydrogens is 371 g/mol. The highest BCUT2D eigenvalue weighted by molar-refractivity contribution is 5.88. The number of halogens is 1. The zero-order valence-electron chi connectivity index (χ0n) is 17.0. The van der Waals surface area contributed by atoms with Crippen molar-refractivity contribution in [1.82, 2.24) is 10.2 Å². The van der Waals surface area contributed by atoms with Crippen LogP contribution >= 0.6 is 0 Å². The summed E-state index contributed by atoms with van der Waals surface area (Å²) in [6.45, 7) is 5.43. The molecule has 1 aliphatic rings. The Morgan fingerprint density at radius 2 is 2.00 bits per heavy atom. The van der Waals surface area contributed by atoms with Gasteiger partial charge in [-0.15, -0.1) is 0 Å². The third-order valence-electron chi connectivity index (χ3n) is 4.71. The molecule has 2 unspecified atom stereocenters. The molecule has 2 N–H and O–H groups in total. The minimum Gasteiger partial charge on any atom is -0.367 e. The number of carbonyl (C=O) groups excluding carboxylic acids is 1. The quantitative estimate of drug-likeness (QED) is 0.613. The SMILES string of the molecule is CN=C(NCc1cccc(NC(C)=O)c1)N1CC(C)OC(c2ccc(F)cc2)C1. The summed E-state index contributed by atoms with van der Waals surface area (Å²) in [5.74, 6) is 0.422. The van der Waals surface area contributed by atoms with Crippen molar-refractivity contribution in [2.24, 2.45) is 4.99 Å². The van der Waals surface area contributed by atoms with Crippen LogP contribution in [0, 0.1) is 5.82 Å². The first kappa shape index (κ1) is 20.8. The van der Waals surface area contributed by atoms with E-state index in [1.807, 2.05) is 31.2 Å². The van der Waals surface area contributed by atoms with Crippen molar-refractivity contribution in [3.8, 4) is 0 Å². The fourth-order valence-electron chi connectivity index (χ4n) is 3.46. The number of hydrogen-bond donors (Lipinski definition) is 2. The van der Waals surface area contributed by atoms with Gasteiger partial charge in [0.25, 0.3) is 0 Å². The summed E-state index contributed by atoms with van der Waals surface area (Å²) in [5, 5.41) is 6.18. The summed E-state index contributed by atoms with van der Waals surface area (Å²) < 4.78 is 19.3. The van der Waals surface area contributed by atoms with Gasteiger partial charge in [0, 0.05) is 32.7 Å². The van der Waals surface area contributed by atoms with Gasteiger partial charge in [-0.3, -0.25) is 9.79 Å². The number of anilines is 1. The van der Waals surface area contributed by atoms with E-state index >= 15 is 0 Å². The first-order chi connectivity index (χ1) is 13.9. The van der Waals surface area contributed by atoms with Gasteiger partial charge in [-0.1, -0.05) is 24.3 Å². The molecule has 0 saturated carbocycles. The second-order valence-corrected chi connectivity index (χ2v) is 7.17. The Balaban J connectivity index is 1.66. The van der Waals surface area contributed by atoms with Crippen molar-refractivity contribution in [3.63, 3.8) is 0 Å². The summed E-state index contributed by atoms with van der Waals surface area (Å²) in [6.07, 6.45) is -0.138. The average Bonchev–Trinajstić information content (AvgIpc) is 2.68. The predicted octanol–water partition coefficient (Wildman–Crippen LogP) is 3.32. The number of ether oxygens (including phenoxy) is 1. The molecule has 1 saturated heterocycles. The molecule has 3 rings (SSSR count). The molecule has 0 radical (unpaired) electrons. The second kappa shape index (κ2) is 9.52. The molecule has 29 heavy (non-hydrogen) atoms. The summed E-state index contributed by atoms with van der Waals surface area (Å²) in [7, 11) is 1.75. The molecule has 154 valence electrons. The maximum atomic E-state index is 13.2. The van der Waals surface area contributed by atoms with Crippen molar-refractivity contribution in [2.45, 2.75) is 32.6 Å². The summed E-state index contributed by atoms with van der Waals surface area (Å²) in [6, 6.07) is 14.1. The Kier molecular flexibility index (Phi) is 6.82. The van der Waals surface area contributed by atoms with E-state index in [4.69, 9.17) is 4.74 Å². The van der Waals surface area contributed by atoms with Crippen molar-refractivity contribution < 1.29 is 13.9 Å². The van der Waals surface area contributed by atoms with E-state index < -0.39 is 0 Å². The normalized spacial score (nSPS) is 19.7. The Morgan fingerprint density at radius 3 is 2.69 bits per heavy atom. The van der Waals surface area contributed by atoms with E-state index in [0.29, 0.717) is 19.6 Å². The topological polar surface area (TPSA) is 66.0 Å². The lowest BCUT2D eigenvalue weighted by atomic mass is 10.1. The smallest absolute Gasteiger partial charge is 0.221 e. The number of guanidine groups is 1. The maximum Gasteiger partial charge on any atom is 0.221 e. The molecular formula is C22H27FN4O2. The van der Waals surface area contributed by atoms with E-state index in [9.17, 15) is 9.18 Å². The molecule has 1 heterocycles. The first-order valence-corrected chi connectivity index (χ1v) is 9.67. The van der Waals surface area contributed by atoms with Crippen LogP contribution in [-0.2, 0) is 16.1 Å². The van der Waals surface area contributed by atoms with Crippen LogP contribution in [-0.4, -0.2) is 43.0 Å². The highest BCUT2D eigenvalue weighted by Gasteiger charge is 2.28. The lowest BCUT2D eigenvalue weighted by Gasteiger charge is -2.38. The predicted molar refractivity (Wildman–Crippen MR) is 112 cm³/mol. The molecule has 6 nitrogen and oxygen atoms in total. The second-order valence-electron chi connectivity index (χ2n) is 7.17. The number of aliphatic imine (C=N–C) groups is 1. The van der Waals surface area contributed by atoms with Gasteiger partial charge in [-0.25, -0.2) is 4.39 Å².